The van der Waals surface area contributed by atoms with E-state index in [9.17, 15) is 0 Å². The van der Waals surface area contributed by atoms with E-state index in [1.165, 1.54) is 0 Å². The Bertz CT molecular complexity index is 325. The van der Waals surface area contributed by atoms with Crippen molar-refractivity contribution in [3.63, 3.8) is 0 Å². The van der Waals surface area contributed by atoms with Gasteiger partial charge in [0.15, 0.2) is 0 Å². The summed E-state index contributed by atoms with van der Waals surface area (Å²) in [6, 6.07) is 5.59. The summed E-state index contributed by atoms with van der Waals surface area (Å²) in [6.45, 7) is 2.01. The molecule has 2 N–H and O–H groups in total. The molecule has 0 saturated heterocycles. The van der Waals surface area contributed by atoms with Crippen molar-refractivity contribution in [1.29, 1.82) is 0 Å². The zero-order valence-electron chi connectivity index (χ0n) is 6.84. The van der Waals surface area contributed by atoms with E-state index >= 15 is 0 Å². The fraction of sp³-hybridized carbons (Fsp3) is 0.200. The van der Waals surface area contributed by atoms with Gasteiger partial charge in [-0.05, 0) is 24.1 Å². The molecule has 1 rings (SSSR count). The lowest BCUT2D eigenvalue weighted by Gasteiger charge is -2.06. The van der Waals surface area contributed by atoms with Gasteiger partial charge >= 0.3 is 0 Å². The number of terminal acetylenes is 1. The van der Waals surface area contributed by atoms with Crippen LogP contribution in [-0.4, -0.2) is 0 Å². The van der Waals surface area contributed by atoms with Gasteiger partial charge in [-0.25, -0.2) is 0 Å². The van der Waals surface area contributed by atoms with Crippen LogP contribution in [0.15, 0.2) is 22.7 Å². The minimum Gasteiger partial charge on any atom is -0.314 e. The van der Waals surface area contributed by atoms with Gasteiger partial charge in [-0.1, -0.05) is 34.0 Å². The van der Waals surface area contributed by atoms with E-state index in [-0.39, 0.29) is 6.04 Å². The molecule has 1 unspecified atom stereocenters. The van der Waals surface area contributed by atoms with Gasteiger partial charge in [0.2, 0.25) is 0 Å². The smallest absolute Gasteiger partial charge is 0.0918 e. The molecule has 1 nitrogen and oxygen atoms in total. The van der Waals surface area contributed by atoms with Gasteiger partial charge in [0.05, 0.1) is 6.04 Å². The highest BCUT2D eigenvalue weighted by molar-refractivity contribution is 9.10. The Morgan fingerprint density at radius 1 is 1.58 bits per heavy atom. The maximum absolute atomic E-state index is 5.66. The van der Waals surface area contributed by atoms with Crippen LogP contribution in [0.3, 0.4) is 0 Å². The van der Waals surface area contributed by atoms with Crippen LogP contribution >= 0.6 is 15.9 Å². The molecule has 0 saturated carbocycles. The first-order valence-electron chi connectivity index (χ1n) is 3.63. The summed E-state index contributed by atoms with van der Waals surface area (Å²) in [5.41, 5.74) is 7.80. The molecular formula is C10H10BrN. The highest BCUT2D eigenvalue weighted by atomic mass is 79.9. The third kappa shape index (κ3) is 1.88. The van der Waals surface area contributed by atoms with Gasteiger partial charge < -0.3 is 5.73 Å². The Morgan fingerprint density at radius 2 is 2.25 bits per heavy atom. The molecule has 1 atom stereocenters. The normalized spacial score (nSPS) is 12.2. The minimum absolute atomic E-state index is 0.295. The quantitative estimate of drug-likeness (QED) is 0.728. The van der Waals surface area contributed by atoms with Crippen LogP contribution in [0.5, 0.6) is 0 Å². The SMILES string of the molecule is C#CC(N)c1ccc(Br)c(C)c1. The van der Waals surface area contributed by atoms with E-state index in [2.05, 4.69) is 21.9 Å². The summed E-state index contributed by atoms with van der Waals surface area (Å²) in [7, 11) is 0. The third-order valence-corrected chi connectivity index (χ3v) is 2.61. The molecule has 0 heterocycles. The fourth-order valence-electron chi connectivity index (χ4n) is 0.958. The van der Waals surface area contributed by atoms with Crippen molar-refractivity contribution in [2.75, 3.05) is 0 Å². The molecule has 0 aliphatic carbocycles. The van der Waals surface area contributed by atoms with Crippen molar-refractivity contribution in [2.24, 2.45) is 5.73 Å². The standard InChI is InChI=1S/C10H10BrN/c1-3-10(12)8-4-5-9(11)7(2)6-8/h1,4-6,10H,12H2,2H3. The first-order valence-corrected chi connectivity index (χ1v) is 4.42. The van der Waals surface area contributed by atoms with Crippen molar-refractivity contribution in [2.45, 2.75) is 13.0 Å². The van der Waals surface area contributed by atoms with Gasteiger partial charge in [-0.15, -0.1) is 6.42 Å². The van der Waals surface area contributed by atoms with Crippen molar-refractivity contribution in [3.8, 4) is 12.3 Å². The third-order valence-electron chi connectivity index (χ3n) is 1.72. The molecule has 2 heteroatoms. The molecule has 0 bridgehead atoms. The number of halogens is 1. The number of benzene rings is 1. The molecule has 0 amide bonds. The van der Waals surface area contributed by atoms with E-state index in [4.69, 9.17) is 12.2 Å². The van der Waals surface area contributed by atoms with Crippen LogP contribution in [0.2, 0.25) is 0 Å². The molecule has 0 aromatic heterocycles. The lowest BCUT2D eigenvalue weighted by molar-refractivity contribution is 0.943. The summed E-state index contributed by atoms with van der Waals surface area (Å²) in [4.78, 5) is 0. The predicted octanol–water partition coefficient (Wildman–Crippen LogP) is 2.39. The zero-order chi connectivity index (χ0) is 9.14. The minimum atomic E-state index is -0.295. The summed E-state index contributed by atoms with van der Waals surface area (Å²) < 4.78 is 1.08. The van der Waals surface area contributed by atoms with Crippen LogP contribution in [0.4, 0.5) is 0 Å². The Kier molecular flexibility index (Phi) is 2.91. The molecule has 1 aromatic carbocycles. The molecule has 0 fully saturated rings. The number of aryl methyl sites for hydroxylation is 1. The van der Waals surface area contributed by atoms with Gasteiger partial charge in [-0.2, -0.15) is 0 Å². The van der Waals surface area contributed by atoms with Crippen molar-refractivity contribution < 1.29 is 0 Å². The van der Waals surface area contributed by atoms with E-state index in [0.717, 1.165) is 15.6 Å². The van der Waals surface area contributed by atoms with Crippen LogP contribution in [0, 0.1) is 19.3 Å². The Hall–Kier alpha value is -0.780. The number of rotatable bonds is 1. The summed E-state index contributed by atoms with van der Waals surface area (Å²) in [5.74, 6) is 2.49. The van der Waals surface area contributed by atoms with E-state index in [1.54, 1.807) is 0 Å². The van der Waals surface area contributed by atoms with Crippen molar-refractivity contribution in [1.82, 2.24) is 0 Å². The number of hydrogen-bond acceptors (Lipinski definition) is 1. The second kappa shape index (κ2) is 3.75. The summed E-state index contributed by atoms with van der Waals surface area (Å²) >= 11 is 3.41. The average Bonchev–Trinajstić information content (AvgIpc) is 2.08. The van der Waals surface area contributed by atoms with Crippen LogP contribution in [-0.2, 0) is 0 Å². The Labute approximate surface area is 81.1 Å². The van der Waals surface area contributed by atoms with Crippen LogP contribution < -0.4 is 5.73 Å². The molecule has 12 heavy (non-hydrogen) atoms. The molecule has 0 aliphatic heterocycles. The highest BCUT2D eigenvalue weighted by Crippen LogP contribution is 2.19. The number of nitrogens with two attached hydrogens (primary N) is 1. The number of hydrogen-bond donors (Lipinski definition) is 1. The molecular weight excluding hydrogens is 214 g/mol. The van der Waals surface area contributed by atoms with Crippen molar-refractivity contribution in [3.05, 3.63) is 33.8 Å². The van der Waals surface area contributed by atoms with Gasteiger partial charge in [-0.3, -0.25) is 0 Å². The Balaban J connectivity index is 3.06. The lowest BCUT2D eigenvalue weighted by Crippen LogP contribution is -2.07. The molecule has 62 valence electrons. The molecule has 0 aliphatic rings. The molecule has 0 spiro atoms. The summed E-state index contributed by atoms with van der Waals surface area (Å²) in [5, 5.41) is 0. The van der Waals surface area contributed by atoms with Crippen LogP contribution in [0.25, 0.3) is 0 Å². The van der Waals surface area contributed by atoms with E-state index < -0.39 is 0 Å². The second-order valence-corrected chi connectivity index (χ2v) is 3.51. The second-order valence-electron chi connectivity index (χ2n) is 2.65. The lowest BCUT2D eigenvalue weighted by atomic mass is 10.1. The molecule has 1 aromatic rings. The van der Waals surface area contributed by atoms with Gasteiger partial charge in [0.1, 0.15) is 0 Å². The topological polar surface area (TPSA) is 26.0 Å². The van der Waals surface area contributed by atoms with Crippen LogP contribution in [0.1, 0.15) is 17.2 Å². The average molecular weight is 224 g/mol. The Morgan fingerprint density at radius 3 is 2.75 bits per heavy atom. The monoisotopic (exact) mass is 223 g/mol. The van der Waals surface area contributed by atoms with Crippen molar-refractivity contribution >= 4 is 15.9 Å². The first kappa shape index (κ1) is 9.31. The first-order chi connectivity index (χ1) is 5.65. The van der Waals surface area contributed by atoms with Gasteiger partial charge in [0, 0.05) is 4.47 Å². The maximum atomic E-state index is 5.66. The maximum Gasteiger partial charge on any atom is 0.0918 e. The van der Waals surface area contributed by atoms with E-state index in [0.29, 0.717) is 0 Å². The van der Waals surface area contributed by atoms with E-state index in [1.807, 2.05) is 25.1 Å². The summed E-state index contributed by atoms with van der Waals surface area (Å²) in [6.07, 6.45) is 5.21. The molecule has 0 radical (unpaired) electrons. The zero-order valence-corrected chi connectivity index (χ0v) is 8.43. The highest BCUT2D eigenvalue weighted by Gasteiger charge is 2.02. The largest absolute Gasteiger partial charge is 0.314 e. The van der Waals surface area contributed by atoms with Gasteiger partial charge in [0.25, 0.3) is 0 Å². The predicted molar refractivity (Wildman–Crippen MR) is 54.6 cm³/mol. The fourth-order valence-corrected chi connectivity index (χ4v) is 1.20.